The highest BCUT2D eigenvalue weighted by atomic mass is 28.4. The van der Waals surface area contributed by atoms with Crippen LogP contribution >= 0.6 is 0 Å². The van der Waals surface area contributed by atoms with Gasteiger partial charge in [-0.15, -0.1) is 0 Å². The Morgan fingerprint density at radius 2 is 1.68 bits per heavy atom. The van der Waals surface area contributed by atoms with Gasteiger partial charge >= 0.3 is 12.1 Å². The Labute approximate surface area is 316 Å². The lowest BCUT2D eigenvalue weighted by molar-refractivity contribution is -0.145. The Bertz CT molecular complexity index is 1780. The number of likely N-dealkylation sites (tertiary alicyclic amines) is 1. The Hall–Kier alpha value is -4.57. The van der Waals surface area contributed by atoms with Crippen molar-refractivity contribution in [2.24, 2.45) is 17.8 Å². The number of ether oxygens (including phenoxy) is 2. The number of benzene rings is 3. The van der Waals surface area contributed by atoms with Gasteiger partial charge in [-0.25, -0.2) is 9.78 Å². The molecule has 0 radical (unpaired) electrons. The molecule has 53 heavy (non-hydrogen) atoms. The molecule has 2 heterocycles. The number of carboxylic acid groups (broad SMARTS) is 1. The van der Waals surface area contributed by atoms with E-state index in [0.717, 1.165) is 28.3 Å². The predicted molar refractivity (Wildman–Crippen MR) is 212 cm³/mol. The molecule has 1 aliphatic heterocycles. The van der Waals surface area contributed by atoms with E-state index in [9.17, 15) is 14.7 Å². The Kier molecular flexibility index (Phi) is 14.3. The van der Waals surface area contributed by atoms with Crippen LogP contribution in [0.2, 0.25) is 18.1 Å². The smallest absolute Gasteiger partial charge is 0.409 e. The van der Waals surface area contributed by atoms with Crippen molar-refractivity contribution in [1.82, 2.24) is 9.88 Å². The fourth-order valence-corrected chi connectivity index (χ4v) is 6.90. The SMILES string of the molecule is Cc1cccc(O[Si](C)(C)C(C)(C)C)c1.Cc1oc(-c2ccccc2)nc1CCOc1cccc(CC2CN(C(=O)OCC(C)C)CC[C@@H]2C(=O)O)c1. The molecule has 1 fully saturated rings. The van der Waals surface area contributed by atoms with Gasteiger partial charge in [-0.05, 0) is 104 Å². The average Bonchev–Trinajstić information content (AvgIpc) is 3.47. The molecule has 1 amide bonds. The fourth-order valence-electron chi connectivity index (χ4n) is 5.88. The molecule has 0 spiro atoms. The van der Waals surface area contributed by atoms with Gasteiger partial charge in [-0.2, -0.15) is 0 Å². The highest BCUT2D eigenvalue weighted by Gasteiger charge is 2.39. The molecular weight excluding hydrogens is 685 g/mol. The maximum Gasteiger partial charge on any atom is 0.409 e. The topological polar surface area (TPSA) is 111 Å². The molecule has 10 heteroatoms. The number of carboxylic acids is 1. The van der Waals surface area contributed by atoms with E-state index >= 15 is 0 Å². The number of carbonyl (C=O) groups is 2. The Morgan fingerprint density at radius 1 is 0.981 bits per heavy atom. The summed E-state index contributed by atoms with van der Waals surface area (Å²) in [6.45, 7) is 20.8. The normalized spacial score (nSPS) is 16.1. The van der Waals surface area contributed by atoms with E-state index in [4.69, 9.17) is 18.3 Å². The van der Waals surface area contributed by atoms with Crippen LogP contribution < -0.4 is 9.16 Å². The van der Waals surface area contributed by atoms with Crippen molar-refractivity contribution in [1.29, 1.82) is 0 Å². The van der Waals surface area contributed by atoms with Crippen LogP contribution in [0.1, 0.15) is 63.6 Å². The Balaban J connectivity index is 0.000000350. The number of aromatic nitrogens is 1. The van der Waals surface area contributed by atoms with Crippen molar-refractivity contribution < 1.29 is 33.0 Å². The second-order valence-corrected chi connectivity index (χ2v) is 20.7. The summed E-state index contributed by atoms with van der Waals surface area (Å²) < 4.78 is 23.4. The van der Waals surface area contributed by atoms with E-state index in [-0.39, 0.29) is 23.0 Å². The first kappa shape index (κ1) is 41.2. The van der Waals surface area contributed by atoms with E-state index in [0.29, 0.717) is 57.2 Å². The number of amides is 1. The lowest BCUT2D eigenvalue weighted by atomic mass is 9.81. The van der Waals surface area contributed by atoms with Gasteiger partial charge in [0.05, 0.1) is 24.8 Å². The summed E-state index contributed by atoms with van der Waals surface area (Å²) in [6, 6.07) is 25.8. The first-order valence-electron chi connectivity index (χ1n) is 18.7. The van der Waals surface area contributed by atoms with Crippen LogP contribution in [0.25, 0.3) is 11.5 Å². The van der Waals surface area contributed by atoms with Gasteiger partial charge in [0.1, 0.15) is 17.3 Å². The number of aliphatic carboxylic acids is 1. The lowest BCUT2D eigenvalue weighted by Crippen LogP contribution is -2.47. The summed E-state index contributed by atoms with van der Waals surface area (Å²) in [6.07, 6.45) is 1.17. The standard InChI is InChI=1S/C30H36N2O6.C13H22OSi/c1-20(2)19-37-30(35)32-14-12-26(29(33)34)24(18-32)16-22-8-7-11-25(17-22)36-15-13-27-21(3)38-28(31-27)23-9-5-4-6-10-23;1-11-8-7-9-12(10-11)14-15(5,6)13(2,3)4/h4-11,17,20,24,26H,12-16,18-19H2,1-3H3,(H,33,34);7-10H,1-6H3/t24?,26-;/m0./s1. The highest BCUT2D eigenvalue weighted by Crippen LogP contribution is 2.37. The van der Waals surface area contributed by atoms with Crippen LogP contribution in [0.5, 0.6) is 11.5 Å². The molecule has 0 bridgehead atoms. The second kappa shape index (κ2) is 18.5. The molecule has 1 N–H and O–H groups in total. The maximum atomic E-state index is 12.5. The molecule has 3 aromatic carbocycles. The van der Waals surface area contributed by atoms with Crippen molar-refractivity contribution in [2.45, 2.75) is 85.9 Å². The molecule has 0 aliphatic carbocycles. The number of carbonyl (C=O) groups excluding carboxylic acids is 1. The molecule has 5 rings (SSSR count). The monoisotopic (exact) mass is 742 g/mol. The molecule has 1 saturated heterocycles. The third-order valence-corrected chi connectivity index (χ3v) is 14.3. The van der Waals surface area contributed by atoms with Gasteiger partial charge in [0.15, 0.2) is 0 Å². The summed E-state index contributed by atoms with van der Waals surface area (Å²) in [5, 5.41) is 10.1. The summed E-state index contributed by atoms with van der Waals surface area (Å²) in [5.74, 6) is 1.80. The summed E-state index contributed by atoms with van der Waals surface area (Å²) in [7, 11) is -1.67. The van der Waals surface area contributed by atoms with Crippen LogP contribution in [0, 0.1) is 31.6 Å². The fraction of sp³-hybridized carbons (Fsp3) is 0.465. The molecule has 9 nitrogen and oxygen atoms in total. The van der Waals surface area contributed by atoms with Crippen molar-refractivity contribution >= 4 is 20.4 Å². The number of piperidine rings is 1. The lowest BCUT2D eigenvalue weighted by Gasteiger charge is -2.36. The molecule has 286 valence electrons. The third-order valence-electron chi connectivity index (χ3n) is 9.94. The zero-order chi connectivity index (χ0) is 38.8. The predicted octanol–water partition coefficient (Wildman–Crippen LogP) is 10.0. The summed E-state index contributed by atoms with van der Waals surface area (Å²) in [5.41, 5.74) is 4.02. The van der Waals surface area contributed by atoms with Gasteiger partial charge in [-0.3, -0.25) is 4.79 Å². The minimum absolute atomic E-state index is 0.211. The number of rotatable bonds is 12. The second-order valence-electron chi connectivity index (χ2n) is 15.9. The quantitative estimate of drug-likeness (QED) is 0.143. The van der Waals surface area contributed by atoms with Crippen molar-refractivity contribution in [3.05, 3.63) is 101 Å². The van der Waals surface area contributed by atoms with E-state index < -0.39 is 20.2 Å². The molecule has 1 aliphatic rings. The van der Waals surface area contributed by atoms with Crippen molar-refractivity contribution in [3.8, 4) is 23.0 Å². The number of aryl methyl sites for hydroxylation is 2. The molecule has 4 aromatic rings. The van der Waals surface area contributed by atoms with E-state index in [2.05, 4.69) is 64.0 Å². The van der Waals surface area contributed by atoms with Crippen LogP contribution in [-0.4, -0.2) is 61.7 Å². The number of hydrogen-bond acceptors (Lipinski definition) is 7. The van der Waals surface area contributed by atoms with E-state index in [1.807, 2.05) is 81.4 Å². The number of hydrogen-bond donors (Lipinski definition) is 1. The molecule has 1 aromatic heterocycles. The van der Waals surface area contributed by atoms with Gasteiger partial charge in [0.25, 0.3) is 0 Å². The van der Waals surface area contributed by atoms with Crippen molar-refractivity contribution in [3.63, 3.8) is 0 Å². The van der Waals surface area contributed by atoms with Crippen LogP contribution in [0.15, 0.2) is 83.3 Å². The Morgan fingerprint density at radius 3 is 2.34 bits per heavy atom. The van der Waals surface area contributed by atoms with Gasteiger partial charge < -0.3 is 28.3 Å². The van der Waals surface area contributed by atoms with E-state index in [1.165, 1.54) is 5.56 Å². The molecule has 2 atom stereocenters. The van der Waals surface area contributed by atoms with Crippen LogP contribution in [0.3, 0.4) is 0 Å². The van der Waals surface area contributed by atoms with Crippen LogP contribution in [-0.2, 0) is 22.4 Å². The summed E-state index contributed by atoms with van der Waals surface area (Å²) >= 11 is 0. The third kappa shape index (κ3) is 12.2. The van der Waals surface area contributed by atoms with Crippen molar-refractivity contribution in [2.75, 3.05) is 26.3 Å². The largest absolute Gasteiger partial charge is 0.543 e. The van der Waals surface area contributed by atoms with E-state index in [1.54, 1.807) is 4.90 Å². The van der Waals surface area contributed by atoms with Gasteiger partial charge in [0, 0.05) is 25.1 Å². The maximum absolute atomic E-state index is 12.5. The first-order valence-corrected chi connectivity index (χ1v) is 21.6. The highest BCUT2D eigenvalue weighted by molar-refractivity contribution is 6.74. The molecule has 0 saturated carbocycles. The zero-order valence-corrected chi connectivity index (χ0v) is 34.0. The minimum atomic E-state index is -1.67. The first-order chi connectivity index (χ1) is 25.0. The molecule has 1 unspecified atom stereocenters. The minimum Gasteiger partial charge on any atom is -0.543 e. The van der Waals surface area contributed by atoms with Crippen LogP contribution in [0.4, 0.5) is 4.79 Å². The zero-order valence-electron chi connectivity index (χ0n) is 33.0. The van der Waals surface area contributed by atoms with Gasteiger partial charge in [-0.1, -0.05) is 77.1 Å². The number of oxazole rings is 1. The number of nitrogens with zero attached hydrogens (tertiary/aromatic N) is 2. The van der Waals surface area contributed by atoms with Gasteiger partial charge in [0.2, 0.25) is 14.2 Å². The average molecular weight is 743 g/mol. The summed E-state index contributed by atoms with van der Waals surface area (Å²) in [4.78, 5) is 30.7. The molecular formula is C43H58N2O7Si.